The van der Waals surface area contributed by atoms with E-state index >= 15 is 0 Å². The number of rotatable bonds is 7. The average Bonchev–Trinajstić information content (AvgIpc) is 2.14. The zero-order valence-corrected chi connectivity index (χ0v) is 15.2. The van der Waals surface area contributed by atoms with Gasteiger partial charge in [0.2, 0.25) is 0 Å². The third-order valence-corrected chi connectivity index (χ3v) is 1.24. The molecule has 2 radical (unpaired) electrons. The SMILES string of the molecule is NCCN.O=C(O)CN(CC(=O)O)CC(=O)O.[Na].[Na]. The van der Waals surface area contributed by atoms with Crippen LogP contribution in [0.2, 0.25) is 0 Å². The van der Waals surface area contributed by atoms with Gasteiger partial charge in [-0.3, -0.25) is 19.3 Å². The van der Waals surface area contributed by atoms with Gasteiger partial charge >= 0.3 is 17.9 Å². The molecular formula is C8H17N3Na2O6. The summed E-state index contributed by atoms with van der Waals surface area (Å²) in [4.78, 5) is 31.2. The van der Waals surface area contributed by atoms with Crippen LogP contribution < -0.4 is 11.5 Å². The molecule has 0 amide bonds. The molecule has 0 fully saturated rings. The first-order valence-electron chi connectivity index (χ1n) is 4.61. The van der Waals surface area contributed by atoms with E-state index in [0.29, 0.717) is 13.1 Å². The maximum atomic E-state index is 10.1. The van der Waals surface area contributed by atoms with Crippen molar-refractivity contribution in [3.05, 3.63) is 0 Å². The number of nitrogens with zero attached hydrogens (tertiary/aromatic N) is 1. The summed E-state index contributed by atoms with van der Waals surface area (Å²) in [6.45, 7) is -0.601. The van der Waals surface area contributed by atoms with Crippen molar-refractivity contribution >= 4 is 77.0 Å². The van der Waals surface area contributed by atoms with Gasteiger partial charge in [-0.25, -0.2) is 0 Å². The fourth-order valence-corrected chi connectivity index (χ4v) is 0.742. The first-order valence-corrected chi connectivity index (χ1v) is 4.61. The van der Waals surface area contributed by atoms with E-state index < -0.39 is 37.5 Å². The molecule has 0 aliphatic rings. The topological polar surface area (TPSA) is 167 Å². The third-order valence-electron chi connectivity index (χ3n) is 1.24. The standard InChI is InChI=1S/C6H9NO6.C2H8N2.2Na/c8-4(9)1-7(2-5(10)11)3-6(12)13;3-1-2-4;;/h1-3H2,(H,8,9)(H,10,11)(H,12,13);1-4H2;;. The van der Waals surface area contributed by atoms with Crippen molar-refractivity contribution in [1.29, 1.82) is 0 Å². The Kier molecular flexibility index (Phi) is 26.6. The first kappa shape index (κ1) is 27.6. The molecular weight excluding hydrogens is 280 g/mol. The Bertz CT molecular complexity index is 227. The summed E-state index contributed by atoms with van der Waals surface area (Å²) in [5, 5.41) is 24.8. The van der Waals surface area contributed by atoms with Crippen molar-refractivity contribution in [2.45, 2.75) is 0 Å². The molecule has 0 saturated carbocycles. The minimum Gasteiger partial charge on any atom is -0.480 e. The number of hydrogen-bond acceptors (Lipinski definition) is 6. The van der Waals surface area contributed by atoms with Crippen LogP contribution in [-0.2, 0) is 14.4 Å². The van der Waals surface area contributed by atoms with Gasteiger partial charge in [0.15, 0.2) is 0 Å². The number of aliphatic carboxylic acids is 3. The summed E-state index contributed by atoms with van der Waals surface area (Å²) in [6.07, 6.45) is 0. The van der Waals surface area contributed by atoms with Crippen molar-refractivity contribution in [3.63, 3.8) is 0 Å². The van der Waals surface area contributed by atoms with E-state index in [0.717, 1.165) is 4.90 Å². The Labute approximate surface area is 154 Å². The van der Waals surface area contributed by atoms with Gasteiger partial charge in [-0.15, -0.1) is 0 Å². The van der Waals surface area contributed by atoms with Crippen LogP contribution in [-0.4, -0.2) is 130 Å². The molecule has 0 spiro atoms. The van der Waals surface area contributed by atoms with Crippen LogP contribution in [0.1, 0.15) is 0 Å². The van der Waals surface area contributed by atoms with Gasteiger partial charge in [0, 0.05) is 72.2 Å². The molecule has 0 unspecified atom stereocenters. The van der Waals surface area contributed by atoms with Gasteiger partial charge in [-0.05, 0) is 0 Å². The number of carboxylic acid groups (broad SMARTS) is 3. The monoisotopic (exact) mass is 297 g/mol. The van der Waals surface area contributed by atoms with E-state index in [9.17, 15) is 14.4 Å². The normalized spacial score (nSPS) is 8.37. The van der Waals surface area contributed by atoms with E-state index in [4.69, 9.17) is 26.8 Å². The Morgan fingerprint density at radius 2 is 0.947 bits per heavy atom. The Morgan fingerprint density at radius 1 is 0.737 bits per heavy atom. The predicted octanol–water partition coefficient (Wildman–Crippen LogP) is -3.32. The summed E-state index contributed by atoms with van der Waals surface area (Å²) >= 11 is 0. The minimum absolute atomic E-state index is 0. The zero-order chi connectivity index (χ0) is 13.8. The summed E-state index contributed by atoms with van der Waals surface area (Å²) < 4.78 is 0. The fraction of sp³-hybridized carbons (Fsp3) is 0.625. The third kappa shape index (κ3) is 27.5. The second kappa shape index (κ2) is 18.3. The van der Waals surface area contributed by atoms with Crippen molar-refractivity contribution in [1.82, 2.24) is 4.90 Å². The number of nitrogens with two attached hydrogens (primary N) is 2. The van der Waals surface area contributed by atoms with Gasteiger partial charge in [-0.1, -0.05) is 0 Å². The molecule has 11 heteroatoms. The fourth-order valence-electron chi connectivity index (χ4n) is 0.742. The summed E-state index contributed by atoms with van der Waals surface area (Å²) in [5.74, 6) is -3.78. The second-order valence-corrected chi connectivity index (χ2v) is 2.90. The predicted molar refractivity (Wildman–Crippen MR) is 69.0 cm³/mol. The molecule has 0 bridgehead atoms. The summed E-state index contributed by atoms with van der Waals surface area (Å²) in [7, 11) is 0. The largest absolute Gasteiger partial charge is 0.480 e. The maximum absolute atomic E-state index is 10.1. The Hall–Kier alpha value is 0.290. The maximum Gasteiger partial charge on any atom is 0.317 e. The number of hydrogen-bond donors (Lipinski definition) is 5. The van der Waals surface area contributed by atoms with Crippen LogP contribution >= 0.6 is 0 Å². The van der Waals surface area contributed by atoms with Gasteiger partial charge < -0.3 is 26.8 Å². The molecule has 0 aliphatic heterocycles. The molecule has 0 saturated heterocycles. The molecule has 7 N–H and O–H groups in total. The second-order valence-electron chi connectivity index (χ2n) is 2.90. The average molecular weight is 297 g/mol. The van der Waals surface area contributed by atoms with E-state index in [2.05, 4.69) is 0 Å². The number of carbonyl (C=O) groups is 3. The van der Waals surface area contributed by atoms with Crippen LogP contribution in [0.4, 0.5) is 0 Å². The molecule has 0 aromatic heterocycles. The zero-order valence-electron chi connectivity index (χ0n) is 11.2. The van der Waals surface area contributed by atoms with Crippen LogP contribution in [0.15, 0.2) is 0 Å². The van der Waals surface area contributed by atoms with Crippen molar-refractivity contribution in [3.8, 4) is 0 Å². The minimum atomic E-state index is -1.26. The molecule has 19 heavy (non-hydrogen) atoms. The summed E-state index contributed by atoms with van der Waals surface area (Å²) in [6, 6.07) is 0. The van der Waals surface area contributed by atoms with Gasteiger partial charge in [-0.2, -0.15) is 0 Å². The smallest absolute Gasteiger partial charge is 0.317 e. The summed E-state index contributed by atoms with van der Waals surface area (Å²) in [5.41, 5.74) is 9.81. The quantitative estimate of drug-likeness (QED) is 0.302. The number of carboxylic acids is 3. The molecule has 102 valence electrons. The van der Waals surface area contributed by atoms with Gasteiger partial charge in [0.05, 0.1) is 19.6 Å². The van der Waals surface area contributed by atoms with Crippen LogP contribution in [0.25, 0.3) is 0 Å². The van der Waals surface area contributed by atoms with Crippen LogP contribution in [0, 0.1) is 0 Å². The Balaban J connectivity index is -0.000000165. The van der Waals surface area contributed by atoms with Crippen molar-refractivity contribution in [2.24, 2.45) is 11.5 Å². The first-order chi connectivity index (χ1) is 7.83. The van der Waals surface area contributed by atoms with E-state index in [1.54, 1.807) is 0 Å². The van der Waals surface area contributed by atoms with Gasteiger partial charge in [0.1, 0.15) is 0 Å². The van der Waals surface area contributed by atoms with E-state index in [-0.39, 0.29) is 59.1 Å². The van der Waals surface area contributed by atoms with Crippen molar-refractivity contribution < 1.29 is 29.7 Å². The Morgan fingerprint density at radius 3 is 1.05 bits per heavy atom. The molecule has 0 aromatic rings. The van der Waals surface area contributed by atoms with Crippen molar-refractivity contribution in [2.75, 3.05) is 32.7 Å². The molecule has 0 atom stereocenters. The molecule has 0 aromatic carbocycles. The molecule has 9 nitrogen and oxygen atoms in total. The molecule has 0 aliphatic carbocycles. The van der Waals surface area contributed by atoms with Crippen LogP contribution in [0.5, 0.6) is 0 Å². The van der Waals surface area contributed by atoms with Crippen LogP contribution in [0.3, 0.4) is 0 Å². The molecule has 0 rings (SSSR count). The van der Waals surface area contributed by atoms with E-state index in [1.807, 2.05) is 0 Å². The van der Waals surface area contributed by atoms with Gasteiger partial charge in [0.25, 0.3) is 0 Å². The molecule has 0 heterocycles. The van der Waals surface area contributed by atoms with E-state index in [1.165, 1.54) is 0 Å².